The zero-order valence-corrected chi connectivity index (χ0v) is 29.3. The molecule has 18 heteroatoms. The fourth-order valence-electron chi connectivity index (χ4n) is 7.23. The van der Waals surface area contributed by atoms with E-state index in [0.29, 0.717) is 53.2 Å². The van der Waals surface area contributed by atoms with Gasteiger partial charge in [-0.25, -0.2) is 24.3 Å². The number of piperidine rings is 1. The first kappa shape index (κ1) is 35.1. The van der Waals surface area contributed by atoms with E-state index in [1.807, 2.05) is 0 Å². The van der Waals surface area contributed by atoms with Gasteiger partial charge in [-0.2, -0.15) is 18.4 Å². The normalized spacial score (nSPS) is 15.4. The molecule has 2 aliphatic rings. The standard InChI is InChI=1S/C34H29ClF3N9O4S/c1-17-29(49)28(42-16-41-17)31(51)45-10-8-33(9-11-45)7-3-4-22-26(33)30(50)47-23(13-39)27(24-14-40-18(2)52-24)44-32(47)46(22)15-25(48)43-21-6-5-19(12-20(21)35)34(36,37)38/h5-6,12,14,16,49H,3-4,7-11,15H2,1-2H3,(H,43,48). The highest BCUT2D eigenvalue weighted by molar-refractivity contribution is 7.15. The van der Waals surface area contributed by atoms with Gasteiger partial charge in [-0.15, -0.1) is 11.3 Å². The van der Waals surface area contributed by atoms with Crippen molar-refractivity contribution in [3.05, 3.63) is 85.0 Å². The molecule has 52 heavy (non-hydrogen) atoms. The van der Waals surface area contributed by atoms with Crippen LogP contribution < -0.4 is 10.9 Å². The fourth-order valence-corrected chi connectivity index (χ4v) is 8.23. The average molecular weight is 752 g/mol. The molecule has 0 bridgehead atoms. The third kappa shape index (κ3) is 5.95. The maximum absolute atomic E-state index is 14.7. The van der Waals surface area contributed by atoms with E-state index < -0.39 is 41.1 Å². The van der Waals surface area contributed by atoms with Crippen molar-refractivity contribution in [2.45, 2.75) is 64.1 Å². The predicted molar refractivity (Wildman–Crippen MR) is 183 cm³/mol. The molecule has 7 rings (SSSR count). The monoisotopic (exact) mass is 751 g/mol. The minimum absolute atomic E-state index is 0.0330. The number of alkyl halides is 3. The number of hydrogen-bond acceptors (Lipinski definition) is 10. The summed E-state index contributed by atoms with van der Waals surface area (Å²) in [5, 5.41) is 23.9. The van der Waals surface area contributed by atoms with Crippen molar-refractivity contribution < 1.29 is 27.9 Å². The molecular formula is C34H29ClF3N9O4S. The lowest BCUT2D eigenvalue weighted by Crippen LogP contribution is -2.50. The molecule has 13 nitrogen and oxygen atoms in total. The molecule has 0 radical (unpaired) electrons. The number of likely N-dealkylation sites (tertiary alicyclic amines) is 1. The zero-order valence-electron chi connectivity index (χ0n) is 27.7. The zero-order chi connectivity index (χ0) is 37.1. The molecule has 2 amide bonds. The number of hydrogen-bond donors (Lipinski definition) is 2. The summed E-state index contributed by atoms with van der Waals surface area (Å²) in [5.74, 6) is -1.36. The number of nitriles is 1. The number of nitrogens with zero attached hydrogens (tertiary/aromatic N) is 8. The van der Waals surface area contributed by atoms with Crippen LogP contribution in [0.3, 0.4) is 0 Å². The summed E-state index contributed by atoms with van der Waals surface area (Å²) in [5.41, 5.74) is -0.881. The van der Waals surface area contributed by atoms with Crippen LogP contribution in [-0.2, 0) is 29.4 Å². The predicted octanol–water partition coefficient (Wildman–Crippen LogP) is 5.42. The van der Waals surface area contributed by atoms with Gasteiger partial charge in [-0.1, -0.05) is 11.6 Å². The Morgan fingerprint density at radius 3 is 2.56 bits per heavy atom. The number of carbonyl (C=O) groups excluding carboxylic acids is 2. The van der Waals surface area contributed by atoms with E-state index in [1.54, 1.807) is 29.5 Å². The van der Waals surface area contributed by atoms with Crippen LogP contribution >= 0.6 is 22.9 Å². The van der Waals surface area contributed by atoms with E-state index in [0.717, 1.165) is 18.2 Å². The Kier molecular flexibility index (Phi) is 8.78. The lowest BCUT2D eigenvalue weighted by Gasteiger charge is -2.45. The Balaban J connectivity index is 1.31. The number of benzene rings is 1. The summed E-state index contributed by atoms with van der Waals surface area (Å²) in [6.07, 6.45) is 0.535. The maximum Gasteiger partial charge on any atom is 0.416 e. The van der Waals surface area contributed by atoms with E-state index in [9.17, 15) is 37.9 Å². The van der Waals surface area contributed by atoms with Crippen molar-refractivity contribution in [1.29, 1.82) is 5.26 Å². The number of aromatic nitrogens is 6. The molecule has 0 atom stereocenters. The van der Waals surface area contributed by atoms with Gasteiger partial charge in [0.15, 0.2) is 17.1 Å². The first-order valence-corrected chi connectivity index (χ1v) is 17.4. The van der Waals surface area contributed by atoms with Gasteiger partial charge in [0.25, 0.3) is 11.5 Å². The Morgan fingerprint density at radius 1 is 1.15 bits per heavy atom. The molecule has 5 aromatic rings. The van der Waals surface area contributed by atoms with Crippen LogP contribution in [0.25, 0.3) is 16.3 Å². The van der Waals surface area contributed by atoms with Crippen LogP contribution in [0.1, 0.15) is 69.4 Å². The molecule has 4 aromatic heterocycles. The number of nitrogens with one attached hydrogen (secondary N) is 1. The second kappa shape index (κ2) is 13.0. The third-order valence-electron chi connectivity index (χ3n) is 9.78. The second-order valence-corrected chi connectivity index (χ2v) is 14.5. The fraction of sp³-hybridized carbons (Fsp3) is 0.353. The van der Waals surface area contributed by atoms with E-state index in [-0.39, 0.29) is 58.1 Å². The van der Waals surface area contributed by atoms with Gasteiger partial charge in [-0.05, 0) is 64.2 Å². The third-order valence-corrected chi connectivity index (χ3v) is 11.0. The topological polar surface area (TPSA) is 171 Å². The summed E-state index contributed by atoms with van der Waals surface area (Å²) >= 11 is 7.43. The van der Waals surface area contributed by atoms with Crippen LogP contribution in [0, 0.1) is 25.2 Å². The Bertz CT molecular complexity index is 2390. The number of fused-ring (bicyclic) bond motifs is 3. The summed E-state index contributed by atoms with van der Waals surface area (Å²) in [4.78, 5) is 60.8. The molecule has 5 heterocycles. The number of rotatable bonds is 5. The molecule has 1 saturated heterocycles. The number of imidazole rings is 1. The van der Waals surface area contributed by atoms with Crippen molar-refractivity contribution in [3.8, 4) is 22.4 Å². The van der Waals surface area contributed by atoms with E-state index in [4.69, 9.17) is 16.6 Å². The number of thiazole rings is 1. The van der Waals surface area contributed by atoms with Gasteiger partial charge in [0.2, 0.25) is 11.7 Å². The average Bonchev–Trinajstić information content (AvgIpc) is 3.72. The van der Waals surface area contributed by atoms with Crippen LogP contribution in [0.5, 0.6) is 5.75 Å². The molecule has 1 spiro atoms. The van der Waals surface area contributed by atoms with Gasteiger partial charge in [0, 0.05) is 36.0 Å². The second-order valence-electron chi connectivity index (χ2n) is 12.8. The summed E-state index contributed by atoms with van der Waals surface area (Å²) in [6.45, 7) is 3.44. The van der Waals surface area contributed by atoms with Crippen molar-refractivity contribution in [3.63, 3.8) is 0 Å². The molecule has 1 aliphatic carbocycles. The van der Waals surface area contributed by atoms with Gasteiger partial charge in [0.05, 0.1) is 31.9 Å². The first-order chi connectivity index (χ1) is 24.7. The number of halogens is 4. The highest BCUT2D eigenvalue weighted by atomic mass is 35.5. The molecule has 1 fully saturated rings. The molecular weight excluding hydrogens is 723 g/mol. The first-order valence-electron chi connectivity index (χ1n) is 16.2. The Labute approximate surface area is 302 Å². The summed E-state index contributed by atoms with van der Waals surface area (Å²) in [7, 11) is 0. The van der Waals surface area contributed by atoms with E-state index in [2.05, 4.69) is 26.3 Å². The molecule has 1 aliphatic heterocycles. The van der Waals surface area contributed by atoms with Gasteiger partial charge >= 0.3 is 6.18 Å². The number of carbonyl (C=O) groups is 2. The number of amides is 2. The SMILES string of the molecule is Cc1ncc(-c2nc3n(CC(=O)Nc4ccc(C(F)(F)F)cc4Cl)c4c(c(=O)n3c2C#N)C2(CCC4)CCN(C(=O)c3ncnc(C)c3O)CC2)s1. The molecule has 0 unspecified atom stereocenters. The number of aromatic hydroxyl groups is 1. The van der Waals surface area contributed by atoms with Crippen molar-refractivity contribution in [2.75, 3.05) is 18.4 Å². The van der Waals surface area contributed by atoms with Gasteiger partial charge in [0.1, 0.15) is 24.6 Å². The molecule has 1 aromatic carbocycles. The maximum atomic E-state index is 14.7. The van der Waals surface area contributed by atoms with Crippen molar-refractivity contribution in [1.82, 2.24) is 33.8 Å². The minimum atomic E-state index is -4.63. The number of anilines is 1. The highest BCUT2D eigenvalue weighted by Gasteiger charge is 2.45. The molecule has 0 saturated carbocycles. The lowest BCUT2D eigenvalue weighted by atomic mass is 9.66. The summed E-state index contributed by atoms with van der Waals surface area (Å²) < 4.78 is 42.6. The lowest BCUT2D eigenvalue weighted by molar-refractivity contribution is -0.137. The quantitative estimate of drug-likeness (QED) is 0.238. The summed E-state index contributed by atoms with van der Waals surface area (Å²) in [6, 6.07) is 4.73. The van der Waals surface area contributed by atoms with E-state index in [1.165, 1.54) is 22.1 Å². The largest absolute Gasteiger partial charge is 0.504 e. The van der Waals surface area contributed by atoms with Crippen LogP contribution in [0.15, 0.2) is 35.5 Å². The smallest absolute Gasteiger partial charge is 0.416 e. The molecule has 268 valence electrons. The number of aryl methyl sites for hydroxylation is 2. The van der Waals surface area contributed by atoms with Crippen LogP contribution in [0.4, 0.5) is 18.9 Å². The van der Waals surface area contributed by atoms with Crippen molar-refractivity contribution in [2.24, 2.45) is 0 Å². The van der Waals surface area contributed by atoms with Crippen molar-refractivity contribution >= 4 is 46.2 Å². The highest BCUT2D eigenvalue weighted by Crippen LogP contribution is 2.44. The molecule has 2 N–H and O–H groups in total. The van der Waals surface area contributed by atoms with E-state index >= 15 is 0 Å². The van der Waals surface area contributed by atoms with Gasteiger partial charge < -0.3 is 19.9 Å². The Morgan fingerprint density at radius 2 is 1.90 bits per heavy atom. The van der Waals surface area contributed by atoms with Crippen LogP contribution in [0.2, 0.25) is 5.02 Å². The Hall–Kier alpha value is -5.34. The minimum Gasteiger partial charge on any atom is -0.504 e. The van der Waals surface area contributed by atoms with Crippen LogP contribution in [-0.4, -0.2) is 63.8 Å². The van der Waals surface area contributed by atoms with Gasteiger partial charge in [-0.3, -0.25) is 14.4 Å².